The number of hydrogen-bond acceptors (Lipinski definition) is 5. The first kappa shape index (κ1) is 14.1. The number of nitrogens with one attached hydrogen (secondary N) is 1. The number of thiophene rings is 1. The van der Waals surface area contributed by atoms with Gasteiger partial charge in [0.1, 0.15) is 5.69 Å². The van der Waals surface area contributed by atoms with Crippen LogP contribution in [-0.4, -0.2) is 26.2 Å². The van der Waals surface area contributed by atoms with Crippen LogP contribution >= 0.6 is 27.3 Å². The number of hydrogen-bond donors (Lipinski definition) is 1. The summed E-state index contributed by atoms with van der Waals surface area (Å²) in [6, 6.07) is 4.02. The largest absolute Gasteiger partial charge is 0.479 e. The van der Waals surface area contributed by atoms with Crippen molar-refractivity contribution in [2.45, 2.75) is 6.54 Å². The number of rotatable bonds is 5. The maximum atomic E-state index is 5.33. The maximum absolute atomic E-state index is 5.33. The van der Waals surface area contributed by atoms with E-state index in [0.717, 1.165) is 22.4 Å². The van der Waals surface area contributed by atoms with Gasteiger partial charge in [0, 0.05) is 29.6 Å². The van der Waals surface area contributed by atoms with E-state index in [-0.39, 0.29) is 0 Å². The van der Waals surface area contributed by atoms with Gasteiger partial charge in [0.05, 0.1) is 19.3 Å². The molecule has 0 saturated carbocycles. The zero-order chi connectivity index (χ0) is 13.8. The summed E-state index contributed by atoms with van der Waals surface area (Å²) in [5, 5.41) is 5.47. The van der Waals surface area contributed by atoms with Crippen LogP contribution in [0.1, 0.15) is 4.88 Å². The number of anilines is 2. The zero-order valence-electron chi connectivity index (χ0n) is 11.1. The molecule has 0 aliphatic carbocycles. The van der Waals surface area contributed by atoms with E-state index in [9.17, 15) is 0 Å². The van der Waals surface area contributed by atoms with Crippen molar-refractivity contribution in [1.82, 2.24) is 4.98 Å². The van der Waals surface area contributed by atoms with Crippen LogP contribution in [0.2, 0.25) is 0 Å². The topological polar surface area (TPSA) is 37.4 Å². The maximum Gasteiger partial charge on any atom is 0.239 e. The van der Waals surface area contributed by atoms with E-state index < -0.39 is 0 Å². The third-order valence-electron chi connectivity index (χ3n) is 2.69. The Morgan fingerprint density at radius 1 is 1.42 bits per heavy atom. The van der Waals surface area contributed by atoms with Gasteiger partial charge < -0.3 is 15.0 Å². The molecular weight excluding hydrogens is 326 g/mol. The molecule has 1 N–H and O–H groups in total. The predicted molar refractivity (Wildman–Crippen MR) is 84.5 cm³/mol. The van der Waals surface area contributed by atoms with Crippen molar-refractivity contribution in [2.24, 2.45) is 0 Å². The summed E-state index contributed by atoms with van der Waals surface area (Å²) < 4.78 is 6.45. The highest BCUT2D eigenvalue weighted by Gasteiger charge is 2.12. The summed E-state index contributed by atoms with van der Waals surface area (Å²) in [4.78, 5) is 7.53. The van der Waals surface area contributed by atoms with E-state index >= 15 is 0 Å². The molecule has 0 bridgehead atoms. The molecule has 0 saturated heterocycles. The minimum Gasteiger partial charge on any atom is -0.479 e. The number of ether oxygens (including phenoxy) is 1. The van der Waals surface area contributed by atoms with Gasteiger partial charge in [-0.1, -0.05) is 0 Å². The SMILES string of the molecule is COc1nccc(N(C)C)c1NCc1sccc1Br. The van der Waals surface area contributed by atoms with Crippen molar-refractivity contribution in [1.29, 1.82) is 0 Å². The molecule has 0 fully saturated rings. The number of methoxy groups -OCH3 is 1. The van der Waals surface area contributed by atoms with Crippen LogP contribution in [-0.2, 0) is 6.54 Å². The summed E-state index contributed by atoms with van der Waals surface area (Å²) in [5.41, 5.74) is 1.97. The number of pyridine rings is 1. The molecule has 0 atom stereocenters. The third kappa shape index (κ3) is 3.19. The minimum absolute atomic E-state index is 0.610. The van der Waals surface area contributed by atoms with Crippen molar-refractivity contribution < 1.29 is 4.74 Å². The molecule has 2 rings (SSSR count). The van der Waals surface area contributed by atoms with Gasteiger partial charge in [0.15, 0.2) is 0 Å². The minimum atomic E-state index is 0.610. The lowest BCUT2D eigenvalue weighted by Crippen LogP contribution is -2.13. The van der Waals surface area contributed by atoms with Gasteiger partial charge in [-0.3, -0.25) is 0 Å². The van der Waals surface area contributed by atoms with Gasteiger partial charge in [-0.15, -0.1) is 11.3 Å². The second-order valence-electron chi connectivity index (χ2n) is 4.15. The Balaban J connectivity index is 2.25. The molecule has 0 aromatic carbocycles. The highest BCUT2D eigenvalue weighted by molar-refractivity contribution is 9.10. The Bertz CT molecular complexity index is 557. The van der Waals surface area contributed by atoms with Crippen molar-refractivity contribution in [3.63, 3.8) is 0 Å². The van der Waals surface area contributed by atoms with Crippen molar-refractivity contribution in [3.05, 3.63) is 33.1 Å². The van der Waals surface area contributed by atoms with E-state index in [1.165, 1.54) is 4.88 Å². The Hall–Kier alpha value is -1.27. The fourth-order valence-electron chi connectivity index (χ4n) is 1.75. The first-order valence-electron chi connectivity index (χ1n) is 5.79. The van der Waals surface area contributed by atoms with Crippen LogP contribution < -0.4 is 15.0 Å². The average molecular weight is 342 g/mol. The standard InChI is InChI=1S/C13H16BrN3OS/c1-17(2)10-4-6-15-13(18-3)12(10)16-8-11-9(14)5-7-19-11/h4-7,16H,8H2,1-3H3. The monoisotopic (exact) mass is 341 g/mol. The van der Waals surface area contributed by atoms with Crippen LogP contribution in [0.4, 0.5) is 11.4 Å². The molecule has 0 spiro atoms. The van der Waals surface area contributed by atoms with Crippen molar-refractivity contribution in [3.8, 4) is 5.88 Å². The van der Waals surface area contributed by atoms with Gasteiger partial charge in [-0.25, -0.2) is 4.98 Å². The van der Waals surface area contributed by atoms with Crippen molar-refractivity contribution in [2.75, 3.05) is 31.4 Å². The summed E-state index contributed by atoms with van der Waals surface area (Å²) in [7, 11) is 5.63. The van der Waals surface area contributed by atoms with Gasteiger partial charge in [0.25, 0.3) is 0 Å². The molecule has 0 aliphatic rings. The smallest absolute Gasteiger partial charge is 0.239 e. The quantitative estimate of drug-likeness (QED) is 0.901. The average Bonchev–Trinajstić information content (AvgIpc) is 2.81. The number of halogens is 1. The molecule has 4 nitrogen and oxygen atoms in total. The second kappa shape index (κ2) is 6.25. The summed E-state index contributed by atoms with van der Waals surface area (Å²) >= 11 is 5.25. The Morgan fingerprint density at radius 3 is 2.79 bits per heavy atom. The molecule has 0 amide bonds. The first-order valence-corrected chi connectivity index (χ1v) is 7.46. The van der Waals surface area contributed by atoms with Gasteiger partial charge >= 0.3 is 0 Å². The second-order valence-corrected chi connectivity index (χ2v) is 6.01. The van der Waals surface area contributed by atoms with Crippen LogP contribution in [0.3, 0.4) is 0 Å². The number of nitrogens with zero attached hydrogens (tertiary/aromatic N) is 2. The lowest BCUT2D eigenvalue weighted by molar-refractivity contribution is 0.400. The van der Waals surface area contributed by atoms with E-state index in [1.807, 2.05) is 25.1 Å². The van der Waals surface area contributed by atoms with E-state index in [4.69, 9.17) is 4.74 Å². The summed E-state index contributed by atoms with van der Waals surface area (Å²) in [6.07, 6.45) is 1.75. The molecular formula is C13H16BrN3OS. The Kier molecular flexibility index (Phi) is 4.66. The highest BCUT2D eigenvalue weighted by atomic mass is 79.9. The highest BCUT2D eigenvalue weighted by Crippen LogP contribution is 2.33. The number of aromatic nitrogens is 1. The van der Waals surface area contributed by atoms with Gasteiger partial charge in [-0.05, 0) is 33.4 Å². The Morgan fingerprint density at radius 2 is 2.21 bits per heavy atom. The lowest BCUT2D eigenvalue weighted by atomic mass is 10.3. The van der Waals surface area contributed by atoms with Crippen LogP contribution in [0.15, 0.2) is 28.2 Å². The van der Waals surface area contributed by atoms with Crippen LogP contribution in [0.5, 0.6) is 5.88 Å². The molecule has 2 aromatic heterocycles. The predicted octanol–water partition coefficient (Wildman–Crippen LogP) is 3.59. The van der Waals surface area contributed by atoms with E-state index in [1.54, 1.807) is 24.6 Å². The molecule has 102 valence electrons. The molecule has 19 heavy (non-hydrogen) atoms. The van der Waals surface area contributed by atoms with Crippen molar-refractivity contribution >= 4 is 38.6 Å². The van der Waals surface area contributed by atoms with E-state index in [2.05, 4.69) is 37.7 Å². The van der Waals surface area contributed by atoms with Crippen LogP contribution in [0.25, 0.3) is 0 Å². The lowest BCUT2D eigenvalue weighted by Gasteiger charge is -2.19. The molecule has 0 unspecified atom stereocenters. The van der Waals surface area contributed by atoms with E-state index in [0.29, 0.717) is 5.88 Å². The van der Waals surface area contributed by atoms with Gasteiger partial charge in [-0.2, -0.15) is 0 Å². The fourth-order valence-corrected chi connectivity index (χ4v) is 3.18. The molecule has 0 radical (unpaired) electrons. The first-order chi connectivity index (χ1) is 9.13. The molecule has 2 aromatic rings. The fraction of sp³-hybridized carbons (Fsp3) is 0.308. The zero-order valence-corrected chi connectivity index (χ0v) is 13.5. The van der Waals surface area contributed by atoms with Gasteiger partial charge in [0.2, 0.25) is 5.88 Å². The molecule has 2 heterocycles. The third-order valence-corrected chi connectivity index (χ3v) is 4.61. The normalized spacial score (nSPS) is 10.3. The summed E-state index contributed by atoms with van der Waals surface area (Å²) in [5.74, 6) is 0.610. The molecule has 0 aliphatic heterocycles. The van der Waals surface area contributed by atoms with Crippen LogP contribution in [0, 0.1) is 0 Å². The Labute approximate surface area is 125 Å². The molecule has 6 heteroatoms. The summed E-state index contributed by atoms with van der Waals surface area (Å²) in [6.45, 7) is 0.737.